The van der Waals surface area contributed by atoms with Gasteiger partial charge in [0.15, 0.2) is 0 Å². The molecule has 116 valence electrons. The van der Waals surface area contributed by atoms with Crippen molar-refractivity contribution in [1.29, 1.82) is 0 Å². The van der Waals surface area contributed by atoms with Crippen LogP contribution in [0.25, 0.3) is 0 Å². The number of hydrogen-bond donors (Lipinski definition) is 2. The summed E-state index contributed by atoms with van der Waals surface area (Å²) >= 11 is 0. The zero-order valence-corrected chi connectivity index (χ0v) is 12.9. The van der Waals surface area contributed by atoms with E-state index in [0.717, 1.165) is 12.8 Å². The first-order valence-electron chi connectivity index (χ1n) is 7.06. The van der Waals surface area contributed by atoms with Crippen molar-refractivity contribution < 1.29 is 14.3 Å². The van der Waals surface area contributed by atoms with Gasteiger partial charge in [-0.3, -0.25) is 4.79 Å². The number of rotatable bonds is 3. The van der Waals surface area contributed by atoms with Crippen LogP contribution in [0, 0.1) is 5.92 Å². The monoisotopic (exact) mass is 285 g/mol. The van der Waals surface area contributed by atoms with Crippen LogP contribution < -0.4 is 11.5 Å². The van der Waals surface area contributed by atoms with Crippen LogP contribution in [0.1, 0.15) is 47.0 Å². The number of carbonyl (C=O) groups excluding carboxylic acids is 2. The highest BCUT2D eigenvalue weighted by Crippen LogP contribution is 2.28. The van der Waals surface area contributed by atoms with E-state index < -0.39 is 17.0 Å². The van der Waals surface area contributed by atoms with Crippen molar-refractivity contribution in [1.82, 2.24) is 4.90 Å². The minimum absolute atomic E-state index is 0.0521. The molecule has 20 heavy (non-hydrogen) atoms. The van der Waals surface area contributed by atoms with Gasteiger partial charge in [0.1, 0.15) is 5.60 Å². The van der Waals surface area contributed by atoms with Crippen LogP contribution in [-0.4, -0.2) is 41.1 Å². The summed E-state index contributed by atoms with van der Waals surface area (Å²) < 4.78 is 5.37. The number of ether oxygens (including phenoxy) is 1. The fourth-order valence-corrected chi connectivity index (χ4v) is 2.53. The molecule has 0 saturated carbocycles. The summed E-state index contributed by atoms with van der Waals surface area (Å²) in [7, 11) is 0. The maximum absolute atomic E-state index is 12.1. The maximum Gasteiger partial charge on any atom is 0.410 e. The van der Waals surface area contributed by atoms with Crippen LogP contribution in [0.4, 0.5) is 4.79 Å². The molecule has 2 unspecified atom stereocenters. The van der Waals surface area contributed by atoms with Gasteiger partial charge in [0.05, 0.1) is 0 Å². The van der Waals surface area contributed by atoms with Crippen molar-refractivity contribution in [2.45, 2.75) is 58.1 Å². The number of amides is 2. The van der Waals surface area contributed by atoms with Crippen molar-refractivity contribution in [3.63, 3.8) is 0 Å². The van der Waals surface area contributed by atoms with Crippen LogP contribution in [0.5, 0.6) is 0 Å². The molecule has 1 saturated heterocycles. The summed E-state index contributed by atoms with van der Waals surface area (Å²) in [5.74, 6) is -0.361. The van der Waals surface area contributed by atoms with E-state index in [1.807, 2.05) is 27.7 Å². The van der Waals surface area contributed by atoms with E-state index >= 15 is 0 Å². The topological polar surface area (TPSA) is 98.7 Å². The molecule has 6 nitrogen and oxygen atoms in total. The highest BCUT2D eigenvalue weighted by molar-refractivity contribution is 5.75. The fourth-order valence-electron chi connectivity index (χ4n) is 2.53. The summed E-state index contributed by atoms with van der Waals surface area (Å²) in [4.78, 5) is 24.8. The number of primary amides is 1. The van der Waals surface area contributed by atoms with Gasteiger partial charge in [-0.2, -0.15) is 0 Å². The predicted molar refractivity (Wildman–Crippen MR) is 76.9 cm³/mol. The van der Waals surface area contributed by atoms with E-state index in [9.17, 15) is 9.59 Å². The predicted octanol–water partition coefficient (Wildman–Crippen LogP) is 1.23. The smallest absolute Gasteiger partial charge is 0.410 e. The molecule has 0 aromatic rings. The number of piperidine rings is 1. The largest absolute Gasteiger partial charge is 0.444 e. The molecule has 2 atom stereocenters. The van der Waals surface area contributed by atoms with Crippen LogP contribution in [0.15, 0.2) is 0 Å². The Morgan fingerprint density at radius 2 is 1.90 bits per heavy atom. The zero-order chi connectivity index (χ0) is 15.6. The maximum atomic E-state index is 12.1. The normalized spacial score (nSPS) is 23.1. The van der Waals surface area contributed by atoms with Gasteiger partial charge < -0.3 is 21.1 Å². The lowest BCUT2D eigenvalue weighted by Gasteiger charge is -2.41. The second-order valence-corrected chi connectivity index (χ2v) is 6.91. The lowest BCUT2D eigenvalue weighted by atomic mass is 9.78. The molecule has 6 heteroatoms. The molecule has 0 radical (unpaired) electrons. The molecule has 2 amide bonds. The highest BCUT2D eigenvalue weighted by Gasteiger charge is 2.37. The third kappa shape index (κ3) is 5.00. The van der Waals surface area contributed by atoms with E-state index in [-0.39, 0.29) is 18.4 Å². The van der Waals surface area contributed by atoms with Crippen LogP contribution >= 0.6 is 0 Å². The molecule has 1 heterocycles. The lowest BCUT2D eigenvalue weighted by molar-refractivity contribution is -0.119. The van der Waals surface area contributed by atoms with E-state index in [0.29, 0.717) is 13.1 Å². The summed E-state index contributed by atoms with van der Waals surface area (Å²) in [5.41, 5.74) is 10.2. The van der Waals surface area contributed by atoms with E-state index in [1.165, 1.54) is 0 Å². The first-order valence-corrected chi connectivity index (χ1v) is 7.06. The minimum atomic E-state index is -0.688. The first kappa shape index (κ1) is 16.8. The Bertz CT molecular complexity index is 374. The number of likely N-dealkylation sites (tertiary alicyclic amines) is 1. The Kier molecular flexibility index (Phi) is 5.02. The summed E-state index contributed by atoms with van der Waals surface area (Å²) in [6, 6.07) is 0. The lowest BCUT2D eigenvalue weighted by Crippen LogP contribution is -2.54. The average molecular weight is 285 g/mol. The standard InChI is InChI=1S/C14H27N3O3/c1-13(2,3)20-12(19)17-7-5-6-10(9-17)14(4,16)8-11(15)18/h10H,5-9,16H2,1-4H3,(H2,15,18). The molecule has 1 aliphatic rings. The van der Waals surface area contributed by atoms with Gasteiger partial charge in [0, 0.05) is 25.0 Å². The van der Waals surface area contributed by atoms with Gasteiger partial charge in [-0.25, -0.2) is 4.79 Å². The van der Waals surface area contributed by atoms with Crippen molar-refractivity contribution in [2.24, 2.45) is 17.4 Å². The third-order valence-electron chi connectivity index (χ3n) is 3.56. The zero-order valence-electron chi connectivity index (χ0n) is 12.9. The van der Waals surface area contributed by atoms with Crippen LogP contribution in [-0.2, 0) is 9.53 Å². The second-order valence-electron chi connectivity index (χ2n) is 6.91. The molecule has 0 bridgehead atoms. The molecule has 0 aliphatic carbocycles. The summed E-state index contributed by atoms with van der Waals surface area (Å²) in [6.45, 7) is 8.51. The van der Waals surface area contributed by atoms with Gasteiger partial charge in [0.25, 0.3) is 0 Å². The quantitative estimate of drug-likeness (QED) is 0.814. The van der Waals surface area contributed by atoms with Crippen molar-refractivity contribution >= 4 is 12.0 Å². The van der Waals surface area contributed by atoms with Gasteiger partial charge in [-0.15, -0.1) is 0 Å². The van der Waals surface area contributed by atoms with Crippen molar-refractivity contribution in [3.05, 3.63) is 0 Å². The Hall–Kier alpha value is -1.30. The Morgan fingerprint density at radius 3 is 2.40 bits per heavy atom. The summed E-state index contributed by atoms with van der Waals surface area (Å²) in [6.07, 6.45) is 1.55. The van der Waals surface area contributed by atoms with E-state index in [4.69, 9.17) is 16.2 Å². The van der Waals surface area contributed by atoms with Gasteiger partial charge >= 0.3 is 6.09 Å². The molecular formula is C14H27N3O3. The number of carbonyl (C=O) groups is 2. The second kappa shape index (κ2) is 5.99. The van der Waals surface area contributed by atoms with Crippen LogP contribution in [0.2, 0.25) is 0 Å². The molecule has 1 rings (SSSR count). The minimum Gasteiger partial charge on any atom is -0.444 e. The van der Waals surface area contributed by atoms with Gasteiger partial charge in [-0.05, 0) is 46.5 Å². The molecule has 4 N–H and O–H groups in total. The van der Waals surface area contributed by atoms with Crippen LogP contribution in [0.3, 0.4) is 0 Å². The van der Waals surface area contributed by atoms with Gasteiger partial charge in [-0.1, -0.05) is 0 Å². The highest BCUT2D eigenvalue weighted by atomic mass is 16.6. The molecule has 0 spiro atoms. The van der Waals surface area contributed by atoms with E-state index in [2.05, 4.69) is 0 Å². The Balaban J connectivity index is 2.67. The molecular weight excluding hydrogens is 258 g/mol. The fraction of sp³-hybridized carbons (Fsp3) is 0.857. The van der Waals surface area contributed by atoms with Gasteiger partial charge in [0.2, 0.25) is 5.91 Å². The Labute approximate surface area is 120 Å². The van der Waals surface area contributed by atoms with Crippen molar-refractivity contribution in [3.8, 4) is 0 Å². The number of nitrogens with two attached hydrogens (primary N) is 2. The van der Waals surface area contributed by atoms with E-state index in [1.54, 1.807) is 4.90 Å². The molecule has 1 fully saturated rings. The molecule has 0 aromatic carbocycles. The number of hydrogen-bond acceptors (Lipinski definition) is 4. The molecule has 1 aliphatic heterocycles. The summed E-state index contributed by atoms with van der Waals surface area (Å²) in [5, 5.41) is 0. The average Bonchev–Trinajstić information content (AvgIpc) is 2.25. The first-order chi connectivity index (χ1) is 9.01. The molecule has 0 aromatic heterocycles. The number of nitrogens with zero attached hydrogens (tertiary/aromatic N) is 1. The third-order valence-corrected chi connectivity index (χ3v) is 3.56. The SMILES string of the molecule is CC(C)(C)OC(=O)N1CCCC(C(C)(N)CC(N)=O)C1. The van der Waals surface area contributed by atoms with Crippen molar-refractivity contribution in [2.75, 3.05) is 13.1 Å². The Morgan fingerprint density at radius 1 is 1.30 bits per heavy atom.